The Hall–Kier alpha value is -2.04. The average molecular weight is 320 g/mol. The Morgan fingerprint density at radius 2 is 1.65 bits per heavy atom. The first kappa shape index (κ1) is 19.0. The van der Waals surface area contributed by atoms with E-state index < -0.39 is 0 Å². The van der Waals surface area contributed by atoms with Crippen LogP contribution in [0.1, 0.15) is 41.0 Å². The Morgan fingerprint density at radius 1 is 1.09 bits per heavy atom. The van der Waals surface area contributed by atoms with Gasteiger partial charge >= 0.3 is 0 Å². The second-order valence-corrected chi connectivity index (χ2v) is 5.65. The van der Waals surface area contributed by atoms with E-state index >= 15 is 0 Å². The molecule has 5 nitrogen and oxygen atoms in total. The summed E-state index contributed by atoms with van der Waals surface area (Å²) in [4.78, 5) is 27.4. The van der Waals surface area contributed by atoms with Crippen LogP contribution in [-0.2, 0) is 9.59 Å². The molecule has 0 saturated heterocycles. The molecule has 0 aliphatic heterocycles. The van der Waals surface area contributed by atoms with Crippen LogP contribution in [0.25, 0.3) is 0 Å². The highest BCUT2D eigenvalue weighted by Crippen LogP contribution is 2.21. The molecule has 0 atom stereocenters. The monoisotopic (exact) mass is 320 g/mol. The fourth-order valence-corrected chi connectivity index (χ4v) is 2.39. The maximum absolute atomic E-state index is 12.1. The van der Waals surface area contributed by atoms with Crippen LogP contribution in [0.4, 0.5) is 5.69 Å². The van der Waals surface area contributed by atoms with Crippen molar-refractivity contribution in [2.75, 3.05) is 24.5 Å². The van der Waals surface area contributed by atoms with E-state index in [1.54, 1.807) is 9.80 Å². The number of ether oxygens (including phenoxy) is 1. The maximum atomic E-state index is 12.1. The van der Waals surface area contributed by atoms with Crippen molar-refractivity contribution in [3.63, 3.8) is 0 Å². The molecule has 0 heterocycles. The lowest BCUT2D eigenvalue weighted by Crippen LogP contribution is -2.36. The first-order valence-electron chi connectivity index (χ1n) is 8.21. The van der Waals surface area contributed by atoms with Crippen molar-refractivity contribution >= 4 is 17.5 Å². The Morgan fingerprint density at radius 3 is 2.09 bits per heavy atom. The van der Waals surface area contributed by atoms with Gasteiger partial charge in [0.25, 0.3) is 0 Å². The van der Waals surface area contributed by atoms with Crippen molar-refractivity contribution in [1.82, 2.24) is 4.90 Å². The highest BCUT2D eigenvalue weighted by Gasteiger charge is 2.16. The van der Waals surface area contributed by atoms with Crippen molar-refractivity contribution in [2.24, 2.45) is 0 Å². The smallest absolute Gasteiger partial charge is 0.224 e. The number of amides is 2. The molecule has 128 valence electrons. The molecule has 1 rings (SSSR count). The van der Waals surface area contributed by atoms with Gasteiger partial charge in [0.1, 0.15) is 5.75 Å². The van der Waals surface area contributed by atoms with E-state index in [2.05, 4.69) is 0 Å². The highest BCUT2D eigenvalue weighted by atomic mass is 16.5. The number of hydrogen-bond donors (Lipinski definition) is 0. The SMILES string of the molecule is CCN(CC)C(=O)CCN(C(C)=O)c1ccc(OC(C)C)cc1. The molecule has 0 radical (unpaired) electrons. The van der Waals surface area contributed by atoms with E-state index in [4.69, 9.17) is 4.74 Å². The van der Waals surface area contributed by atoms with E-state index in [1.165, 1.54) is 6.92 Å². The molecule has 1 aromatic rings. The summed E-state index contributed by atoms with van der Waals surface area (Å²) >= 11 is 0. The van der Waals surface area contributed by atoms with Crippen LogP contribution < -0.4 is 9.64 Å². The molecule has 0 aliphatic rings. The van der Waals surface area contributed by atoms with Crippen molar-refractivity contribution in [2.45, 2.75) is 47.1 Å². The molecule has 0 aliphatic carbocycles. The van der Waals surface area contributed by atoms with Crippen molar-refractivity contribution < 1.29 is 14.3 Å². The van der Waals surface area contributed by atoms with Gasteiger partial charge in [-0.15, -0.1) is 0 Å². The summed E-state index contributed by atoms with van der Waals surface area (Å²) in [6.45, 7) is 11.1. The zero-order chi connectivity index (χ0) is 17.4. The number of anilines is 1. The largest absolute Gasteiger partial charge is 0.491 e. The van der Waals surface area contributed by atoms with E-state index in [1.807, 2.05) is 52.0 Å². The Kier molecular flexibility index (Phi) is 7.59. The second kappa shape index (κ2) is 9.18. The van der Waals surface area contributed by atoms with Gasteiger partial charge in [-0.1, -0.05) is 0 Å². The molecule has 0 unspecified atom stereocenters. The molecule has 0 fully saturated rings. The van der Waals surface area contributed by atoms with E-state index in [0.717, 1.165) is 11.4 Å². The molecule has 0 aromatic heterocycles. The summed E-state index contributed by atoms with van der Waals surface area (Å²) in [6, 6.07) is 7.39. The molecule has 2 amide bonds. The van der Waals surface area contributed by atoms with Crippen LogP contribution in [-0.4, -0.2) is 42.5 Å². The Bertz CT molecular complexity index is 508. The normalized spacial score (nSPS) is 10.5. The van der Waals surface area contributed by atoms with Gasteiger partial charge in [-0.2, -0.15) is 0 Å². The van der Waals surface area contributed by atoms with Crippen molar-refractivity contribution in [3.05, 3.63) is 24.3 Å². The van der Waals surface area contributed by atoms with E-state index in [0.29, 0.717) is 26.1 Å². The summed E-state index contributed by atoms with van der Waals surface area (Å²) in [5.74, 6) is 0.766. The summed E-state index contributed by atoms with van der Waals surface area (Å²) in [6.07, 6.45) is 0.433. The number of carbonyl (C=O) groups excluding carboxylic acids is 2. The van der Waals surface area contributed by atoms with Crippen LogP contribution >= 0.6 is 0 Å². The Labute approximate surface area is 139 Å². The third-order valence-electron chi connectivity index (χ3n) is 3.57. The zero-order valence-corrected chi connectivity index (χ0v) is 14.8. The summed E-state index contributed by atoms with van der Waals surface area (Å²) < 4.78 is 5.60. The van der Waals surface area contributed by atoms with Gasteiger partial charge in [0.05, 0.1) is 6.10 Å². The summed E-state index contributed by atoms with van der Waals surface area (Å²) in [5, 5.41) is 0. The lowest BCUT2D eigenvalue weighted by Gasteiger charge is -2.24. The van der Waals surface area contributed by atoms with Gasteiger partial charge in [-0.3, -0.25) is 9.59 Å². The van der Waals surface area contributed by atoms with Crippen LogP contribution in [0, 0.1) is 0 Å². The predicted molar refractivity (Wildman–Crippen MR) is 92.8 cm³/mol. The standard InChI is InChI=1S/C18H28N2O3/c1-6-19(7-2)18(22)12-13-20(15(5)21)16-8-10-17(11-9-16)23-14(3)4/h8-11,14H,6-7,12-13H2,1-5H3. The van der Waals surface area contributed by atoms with Crippen LogP contribution in [0.5, 0.6) is 5.75 Å². The fraction of sp³-hybridized carbons (Fsp3) is 0.556. The Balaban J connectivity index is 2.75. The minimum atomic E-state index is -0.0742. The van der Waals surface area contributed by atoms with Crippen LogP contribution in [0.2, 0.25) is 0 Å². The van der Waals surface area contributed by atoms with Crippen LogP contribution in [0.3, 0.4) is 0 Å². The summed E-state index contributed by atoms with van der Waals surface area (Å²) in [7, 11) is 0. The molecule has 23 heavy (non-hydrogen) atoms. The first-order valence-corrected chi connectivity index (χ1v) is 8.21. The third-order valence-corrected chi connectivity index (χ3v) is 3.57. The van der Waals surface area contributed by atoms with E-state index in [9.17, 15) is 9.59 Å². The fourth-order valence-electron chi connectivity index (χ4n) is 2.39. The lowest BCUT2D eigenvalue weighted by atomic mass is 10.2. The van der Waals surface area contributed by atoms with Crippen LogP contribution in [0.15, 0.2) is 24.3 Å². The molecule has 5 heteroatoms. The van der Waals surface area contributed by atoms with Gasteiger partial charge in [0.15, 0.2) is 0 Å². The average Bonchev–Trinajstić information content (AvgIpc) is 2.49. The zero-order valence-electron chi connectivity index (χ0n) is 14.8. The molecular weight excluding hydrogens is 292 g/mol. The molecule has 0 spiro atoms. The number of benzene rings is 1. The van der Waals surface area contributed by atoms with Gasteiger partial charge in [-0.25, -0.2) is 0 Å². The first-order chi connectivity index (χ1) is 10.9. The number of rotatable bonds is 8. The molecule has 1 aromatic carbocycles. The minimum Gasteiger partial charge on any atom is -0.491 e. The minimum absolute atomic E-state index is 0.0704. The third kappa shape index (κ3) is 5.93. The maximum Gasteiger partial charge on any atom is 0.224 e. The molecule has 0 saturated carbocycles. The lowest BCUT2D eigenvalue weighted by molar-refractivity contribution is -0.130. The molecule has 0 bridgehead atoms. The van der Waals surface area contributed by atoms with Crippen molar-refractivity contribution in [1.29, 1.82) is 0 Å². The number of hydrogen-bond acceptors (Lipinski definition) is 3. The van der Waals surface area contributed by atoms with E-state index in [-0.39, 0.29) is 17.9 Å². The number of nitrogens with zero attached hydrogens (tertiary/aromatic N) is 2. The number of carbonyl (C=O) groups is 2. The van der Waals surface area contributed by atoms with Gasteiger partial charge in [0.2, 0.25) is 11.8 Å². The van der Waals surface area contributed by atoms with Gasteiger partial charge < -0.3 is 14.5 Å². The van der Waals surface area contributed by atoms with Gasteiger partial charge in [-0.05, 0) is 52.0 Å². The highest BCUT2D eigenvalue weighted by molar-refractivity contribution is 5.92. The molecular formula is C18H28N2O3. The summed E-state index contributed by atoms with van der Waals surface area (Å²) in [5.41, 5.74) is 0.779. The molecule has 0 N–H and O–H groups in total. The van der Waals surface area contributed by atoms with Gasteiger partial charge in [0, 0.05) is 38.7 Å². The quantitative estimate of drug-likeness (QED) is 0.739. The topological polar surface area (TPSA) is 49.9 Å². The second-order valence-electron chi connectivity index (χ2n) is 5.65. The van der Waals surface area contributed by atoms with Crippen molar-refractivity contribution in [3.8, 4) is 5.75 Å². The predicted octanol–water partition coefficient (Wildman–Crippen LogP) is 3.09.